The molecule has 2 heterocycles. The van der Waals surface area contributed by atoms with Crippen LogP contribution < -0.4 is 21.5 Å². The Kier molecular flexibility index (Phi) is 18.2. The molecule has 1 aromatic rings. The molecule has 0 amide bonds. The van der Waals surface area contributed by atoms with Gasteiger partial charge in [-0.15, -0.1) is 0 Å². The van der Waals surface area contributed by atoms with Crippen LogP contribution in [0.3, 0.4) is 0 Å². The van der Waals surface area contributed by atoms with Crippen molar-refractivity contribution in [3.05, 3.63) is 30.1 Å². The molecule has 42 heavy (non-hydrogen) atoms. The first kappa shape index (κ1) is 37.5. The number of hydrogen-bond acceptors (Lipinski definition) is 9. The Hall–Kier alpha value is -2.53. The van der Waals surface area contributed by atoms with Gasteiger partial charge in [0, 0.05) is 39.8 Å². The van der Waals surface area contributed by atoms with Crippen molar-refractivity contribution >= 4 is 23.9 Å². The molecule has 0 radical (unpaired) electrons. The summed E-state index contributed by atoms with van der Waals surface area (Å²) < 4.78 is 29.6. The van der Waals surface area contributed by atoms with Gasteiger partial charge < -0.3 is 40.7 Å². The molecule has 1 aliphatic heterocycles. The SMILES string of the molecule is CCCCCCCCCCCCc1cc[n+]([C@H]2O[C@H](COC(C)=O)[C@@H](OC(C)=O)[C@H](OC(C)=O)[C@H]2OC(C)=O)cc1.[Br-]. The van der Waals surface area contributed by atoms with Crippen molar-refractivity contribution in [2.75, 3.05) is 6.61 Å². The molecule has 11 heteroatoms. The van der Waals surface area contributed by atoms with Crippen LogP contribution in [-0.2, 0) is 49.3 Å². The Morgan fingerprint density at radius 2 is 1.17 bits per heavy atom. The van der Waals surface area contributed by atoms with E-state index in [1.54, 1.807) is 4.57 Å². The van der Waals surface area contributed by atoms with Crippen LogP contribution in [-0.4, -0.2) is 54.9 Å². The first-order valence-corrected chi connectivity index (χ1v) is 14.9. The highest BCUT2D eigenvalue weighted by atomic mass is 79.9. The first-order chi connectivity index (χ1) is 19.6. The van der Waals surface area contributed by atoms with E-state index in [1.807, 2.05) is 24.5 Å². The molecule has 0 unspecified atom stereocenters. The van der Waals surface area contributed by atoms with E-state index in [4.69, 9.17) is 23.7 Å². The quantitative estimate of drug-likeness (QED) is 0.107. The smallest absolute Gasteiger partial charge is 0.304 e. The highest BCUT2D eigenvalue weighted by molar-refractivity contribution is 5.68. The fourth-order valence-electron chi connectivity index (χ4n) is 5.07. The van der Waals surface area contributed by atoms with E-state index >= 15 is 0 Å². The zero-order valence-electron chi connectivity index (χ0n) is 25.7. The zero-order valence-corrected chi connectivity index (χ0v) is 27.3. The van der Waals surface area contributed by atoms with E-state index in [0.717, 1.165) is 18.4 Å². The van der Waals surface area contributed by atoms with Crippen molar-refractivity contribution in [3.8, 4) is 0 Å². The Morgan fingerprint density at radius 3 is 1.67 bits per heavy atom. The molecule has 10 nitrogen and oxygen atoms in total. The van der Waals surface area contributed by atoms with E-state index in [0.29, 0.717) is 0 Å². The molecule has 1 fully saturated rings. The van der Waals surface area contributed by atoms with Crippen LogP contribution in [0.2, 0.25) is 0 Å². The Balaban J connectivity index is 0.00000882. The standard InChI is InChI=1S/C31H48NO9.BrH/c1-6-7-8-9-10-11-12-13-14-15-16-26-17-19-32(20-18-26)31-30(40-25(5)36)29(39-24(4)35)28(38-23(3)34)27(41-31)21-37-22(2)33;/h17-20,27-31H,6-16,21H2,1-5H3;1H/q+1;/p-1/t27-,28-,29+,30-,31+;/m1./s1. The number of rotatable bonds is 17. The number of carbonyl (C=O) groups excluding carboxylic acids is 4. The minimum absolute atomic E-state index is 0. The number of pyridine rings is 1. The van der Waals surface area contributed by atoms with Gasteiger partial charge in [-0.1, -0.05) is 64.7 Å². The van der Waals surface area contributed by atoms with E-state index in [2.05, 4.69) is 6.92 Å². The first-order valence-electron chi connectivity index (χ1n) is 14.9. The number of ether oxygens (including phenoxy) is 5. The summed E-state index contributed by atoms with van der Waals surface area (Å²) in [6.07, 6.45) is 11.9. The highest BCUT2D eigenvalue weighted by Crippen LogP contribution is 2.32. The number of aryl methyl sites for hydroxylation is 1. The lowest BCUT2D eigenvalue weighted by atomic mass is 9.97. The Labute approximate surface area is 260 Å². The van der Waals surface area contributed by atoms with Crippen molar-refractivity contribution in [2.24, 2.45) is 0 Å². The van der Waals surface area contributed by atoms with Gasteiger partial charge in [-0.05, 0) is 18.4 Å². The van der Waals surface area contributed by atoms with Crippen molar-refractivity contribution in [2.45, 2.75) is 136 Å². The van der Waals surface area contributed by atoms with E-state index in [9.17, 15) is 19.2 Å². The molecule has 0 bridgehead atoms. The third-order valence-corrected chi connectivity index (χ3v) is 7.00. The normalized spacial score (nSPS) is 21.5. The molecule has 0 N–H and O–H groups in total. The fourth-order valence-corrected chi connectivity index (χ4v) is 5.07. The van der Waals surface area contributed by atoms with Crippen LogP contribution >= 0.6 is 0 Å². The molecule has 0 saturated carbocycles. The molecular formula is C31H48BrNO9. The van der Waals surface area contributed by atoms with Gasteiger partial charge in [0.25, 0.3) is 0 Å². The maximum atomic E-state index is 12.1. The summed E-state index contributed by atoms with van der Waals surface area (Å²) in [5.41, 5.74) is 1.16. The second-order valence-corrected chi connectivity index (χ2v) is 10.7. The summed E-state index contributed by atoms with van der Waals surface area (Å²) >= 11 is 0. The summed E-state index contributed by atoms with van der Waals surface area (Å²) in [7, 11) is 0. The number of nitrogens with zero attached hydrogens (tertiary/aromatic N) is 1. The van der Waals surface area contributed by atoms with Crippen LogP contribution in [0.1, 0.15) is 111 Å². The summed E-state index contributed by atoms with van der Waals surface area (Å²) in [5.74, 6) is -2.50. The summed E-state index contributed by atoms with van der Waals surface area (Å²) in [6.45, 7) is 6.86. The van der Waals surface area contributed by atoms with E-state index in [-0.39, 0.29) is 23.6 Å². The van der Waals surface area contributed by atoms with Crippen LogP contribution in [0.25, 0.3) is 0 Å². The highest BCUT2D eigenvalue weighted by Gasteiger charge is 2.56. The Morgan fingerprint density at radius 1 is 0.690 bits per heavy atom. The third-order valence-electron chi connectivity index (χ3n) is 7.00. The minimum atomic E-state index is -1.20. The average molecular weight is 659 g/mol. The molecule has 2 rings (SSSR count). The van der Waals surface area contributed by atoms with Crippen molar-refractivity contribution in [3.63, 3.8) is 0 Å². The third kappa shape index (κ3) is 13.6. The lowest BCUT2D eigenvalue weighted by Crippen LogP contribution is -3.00. The maximum Gasteiger partial charge on any atom is 0.304 e. The summed E-state index contributed by atoms with van der Waals surface area (Å²) in [5, 5.41) is 0. The predicted molar refractivity (Wildman–Crippen MR) is 149 cm³/mol. The van der Waals surface area contributed by atoms with Gasteiger partial charge in [-0.3, -0.25) is 19.2 Å². The number of aromatic nitrogens is 1. The maximum absolute atomic E-state index is 12.1. The van der Waals surface area contributed by atoms with Gasteiger partial charge in [0.15, 0.2) is 24.6 Å². The molecule has 0 aliphatic carbocycles. The van der Waals surface area contributed by atoms with Crippen LogP contribution in [0, 0.1) is 0 Å². The van der Waals surface area contributed by atoms with Gasteiger partial charge in [0.05, 0.1) is 0 Å². The fraction of sp³-hybridized carbons (Fsp3) is 0.710. The minimum Gasteiger partial charge on any atom is -1.00 e. The predicted octanol–water partition coefficient (Wildman–Crippen LogP) is 1.70. The number of hydrogen-bond donors (Lipinski definition) is 0. The van der Waals surface area contributed by atoms with E-state index in [1.165, 1.54) is 85.5 Å². The second kappa shape index (κ2) is 20.4. The molecule has 0 spiro atoms. The van der Waals surface area contributed by atoms with Crippen molar-refractivity contribution in [1.82, 2.24) is 0 Å². The van der Waals surface area contributed by atoms with Gasteiger partial charge in [-0.2, -0.15) is 4.57 Å². The number of halogens is 1. The van der Waals surface area contributed by atoms with Crippen LogP contribution in [0.15, 0.2) is 24.5 Å². The number of unbranched alkanes of at least 4 members (excludes halogenated alkanes) is 9. The van der Waals surface area contributed by atoms with Gasteiger partial charge in [-0.25, -0.2) is 0 Å². The molecule has 0 aromatic carbocycles. The molecular weight excluding hydrogens is 610 g/mol. The van der Waals surface area contributed by atoms with Crippen LogP contribution in [0.5, 0.6) is 0 Å². The topological polar surface area (TPSA) is 118 Å². The van der Waals surface area contributed by atoms with Crippen molar-refractivity contribution in [1.29, 1.82) is 0 Å². The largest absolute Gasteiger partial charge is 1.00 e. The molecule has 1 aromatic heterocycles. The monoisotopic (exact) mass is 657 g/mol. The zero-order chi connectivity index (χ0) is 30.2. The van der Waals surface area contributed by atoms with Gasteiger partial charge in [0.1, 0.15) is 12.7 Å². The molecule has 1 aliphatic rings. The number of carbonyl (C=O) groups is 4. The van der Waals surface area contributed by atoms with E-state index < -0.39 is 54.5 Å². The average Bonchev–Trinajstić information content (AvgIpc) is 2.90. The van der Waals surface area contributed by atoms with Crippen molar-refractivity contribution < 1.29 is 64.4 Å². The number of esters is 4. The van der Waals surface area contributed by atoms with Crippen LogP contribution in [0.4, 0.5) is 0 Å². The lowest BCUT2D eigenvalue weighted by Gasteiger charge is -2.41. The second-order valence-electron chi connectivity index (χ2n) is 10.7. The summed E-state index contributed by atoms with van der Waals surface area (Å²) in [4.78, 5) is 47.6. The lowest BCUT2D eigenvalue weighted by molar-refractivity contribution is -0.777. The molecule has 5 atom stereocenters. The summed E-state index contributed by atoms with van der Waals surface area (Å²) in [6, 6.07) is 3.95. The van der Waals surface area contributed by atoms with Gasteiger partial charge in [0.2, 0.25) is 6.10 Å². The molecule has 1 saturated heterocycles. The molecule has 238 valence electrons. The van der Waals surface area contributed by atoms with Gasteiger partial charge >= 0.3 is 30.1 Å². The Bertz CT molecular complexity index is 972.